The van der Waals surface area contributed by atoms with Gasteiger partial charge in [0.05, 0.1) is 0 Å². The van der Waals surface area contributed by atoms with Crippen LogP contribution in [0.2, 0.25) is 0 Å². The van der Waals surface area contributed by atoms with Gasteiger partial charge in [-0.1, -0.05) is 62.4 Å². The number of carbonyl (C=O) groups excluding carboxylic acids is 2. The fraction of sp³-hybridized carbons (Fsp3) is 0.375. The number of halogens is 3. The standard InChI is InChI=1S/C24H25F3N2O5/c1-13(2)20(21(30)28-11-19(22(31)32)24(25,26)27)29-23(33)34-12-18-16-9-5-3-7-14(16)15-8-4-6-10-17(15)18/h3-10,13,18-20H,11-12H2,1-2H3,(H,28,30)(H,29,33)(H,31,32)/t19?,20-/m0/s1. The third-order valence-electron chi connectivity index (χ3n) is 5.74. The van der Waals surface area contributed by atoms with E-state index >= 15 is 0 Å². The number of carbonyl (C=O) groups is 3. The number of rotatable bonds is 8. The normalized spacial score (nSPS) is 14.6. The third-order valence-corrected chi connectivity index (χ3v) is 5.74. The van der Waals surface area contributed by atoms with E-state index in [0.717, 1.165) is 22.3 Å². The first-order valence-electron chi connectivity index (χ1n) is 10.7. The van der Waals surface area contributed by atoms with Gasteiger partial charge in [0.25, 0.3) is 0 Å². The zero-order valence-electron chi connectivity index (χ0n) is 18.6. The van der Waals surface area contributed by atoms with Crippen LogP contribution in [0.3, 0.4) is 0 Å². The van der Waals surface area contributed by atoms with E-state index in [1.807, 2.05) is 53.8 Å². The zero-order valence-corrected chi connectivity index (χ0v) is 18.6. The third kappa shape index (κ3) is 5.49. The van der Waals surface area contributed by atoms with Crippen LogP contribution in [0.4, 0.5) is 18.0 Å². The molecule has 182 valence electrons. The van der Waals surface area contributed by atoms with E-state index in [2.05, 4.69) is 5.32 Å². The van der Waals surface area contributed by atoms with Crippen LogP contribution in [0.25, 0.3) is 11.1 Å². The number of carboxylic acid groups (broad SMARTS) is 1. The van der Waals surface area contributed by atoms with Gasteiger partial charge in [-0.2, -0.15) is 13.2 Å². The van der Waals surface area contributed by atoms with E-state index in [-0.39, 0.29) is 12.5 Å². The Morgan fingerprint density at radius 1 is 1.00 bits per heavy atom. The molecule has 0 aliphatic heterocycles. The Hall–Kier alpha value is -3.56. The molecule has 0 heterocycles. The Balaban J connectivity index is 1.63. The summed E-state index contributed by atoms with van der Waals surface area (Å²) in [4.78, 5) is 35.7. The molecule has 0 bridgehead atoms. The number of alkyl halides is 3. The van der Waals surface area contributed by atoms with Crippen LogP contribution in [-0.4, -0.2) is 48.4 Å². The first kappa shape index (κ1) is 25.1. The smallest absolute Gasteiger partial charge is 0.407 e. The first-order valence-corrected chi connectivity index (χ1v) is 10.7. The maximum atomic E-state index is 12.8. The summed E-state index contributed by atoms with van der Waals surface area (Å²) < 4.78 is 43.9. The van der Waals surface area contributed by atoms with E-state index < -0.39 is 48.6 Å². The van der Waals surface area contributed by atoms with Crippen molar-refractivity contribution in [1.82, 2.24) is 10.6 Å². The molecule has 34 heavy (non-hydrogen) atoms. The predicted molar refractivity (Wildman–Crippen MR) is 117 cm³/mol. The van der Waals surface area contributed by atoms with Gasteiger partial charge in [0.2, 0.25) is 5.91 Å². The molecule has 7 nitrogen and oxygen atoms in total. The van der Waals surface area contributed by atoms with E-state index in [1.165, 1.54) is 0 Å². The summed E-state index contributed by atoms with van der Waals surface area (Å²) in [6, 6.07) is 14.3. The highest BCUT2D eigenvalue weighted by atomic mass is 19.4. The fourth-order valence-electron chi connectivity index (χ4n) is 3.96. The molecule has 3 rings (SSSR count). The number of alkyl carbamates (subject to hydrolysis) is 1. The van der Waals surface area contributed by atoms with Crippen LogP contribution < -0.4 is 10.6 Å². The van der Waals surface area contributed by atoms with Crippen molar-refractivity contribution in [1.29, 1.82) is 0 Å². The summed E-state index contributed by atoms with van der Waals surface area (Å²) in [5.74, 6) is -6.47. The van der Waals surface area contributed by atoms with Crippen molar-refractivity contribution in [2.45, 2.75) is 32.0 Å². The second-order valence-corrected chi connectivity index (χ2v) is 8.37. The Labute approximate surface area is 194 Å². The number of fused-ring (bicyclic) bond motifs is 3. The molecule has 10 heteroatoms. The summed E-state index contributed by atoms with van der Waals surface area (Å²) in [7, 11) is 0. The molecule has 2 atom stereocenters. The predicted octanol–water partition coefficient (Wildman–Crippen LogP) is 3.93. The Kier molecular flexibility index (Phi) is 7.48. The molecule has 1 aliphatic carbocycles. The molecule has 0 spiro atoms. The van der Waals surface area contributed by atoms with Crippen molar-refractivity contribution in [2.75, 3.05) is 13.2 Å². The van der Waals surface area contributed by atoms with Crippen molar-refractivity contribution in [3.05, 3.63) is 59.7 Å². The molecule has 1 aliphatic rings. The van der Waals surface area contributed by atoms with E-state index in [9.17, 15) is 27.6 Å². The Bertz CT molecular complexity index is 1030. The lowest BCUT2D eigenvalue weighted by molar-refractivity contribution is -0.192. The van der Waals surface area contributed by atoms with Crippen LogP contribution in [-0.2, 0) is 14.3 Å². The molecule has 3 N–H and O–H groups in total. The van der Waals surface area contributed by atoms with Crippen LogP contribution in [0.15, 0.2) is 48.5 Å². The van der Waals surface area contributed by atoms with Crippen molar-refractivity contribution in [3.8, 4) is 11.1 Å². The highest BCUT2D eigenvalue weighted by molar-refractivity contribution is 5.86. The molecule has 1 unspecified atom stereocenters. The minimum Gasteiger partial charge on any atom is -0.481 e. The van der Waals surface area contributed by atoms with Crippen LogP contribution in [0.1, 0.15) is 30.9 Å². The lowest BCUT2D eigenvalue weighted by atomic mass is 9.98. The summed E-state index contributed by atoms with van der Waals surface area (Å²) in [6.45, 7) is 2.04. The van der Waals surface area contributed by atoms with Crippen molar-refractivity contribution in [3.63, 3.8) is 0 Å². The largest absolute Gasteiger partial charge is 0.481 e. The molecule has 0 saturated carbocycles. The second kappa shape index (κ2) is 10.1. The molecule has 2 aromatic carbocycles. The number of aliphatic carboxylic acids is 1. The van der Waals surface area contributed by atoms with Gasteiger partial charge in [-0.15, -0.1) is 0 Å². The molecule has 2 amide bonds. The van der Waals surface area contributed by atoms with Gasteiger partial charge in [-0.25, -0.2) is 4.79 Å². The topological polar surface area (TPSA) is 105 Å². The van der Waals surface area contributed by atoms with Gasteiger partial charge >= 0.3 is 18.2 Å². The van der Waals surface area contributed by atoms with E-state index in [1.54, 1.807) is 13.8 Å². The Morgan fingerprint density at radius 2 is 1.53 bits per heavy atom. The zero-order chi connectivity index (χ0) is 25.0. The quantitative estimate of drug-likeness (QED) is 0.533. The number of nitrogens with one attached hydrogen (secondary N) is 2. The molecule has 2 aromatic rings. The lowest BCUT2D eigenvalue weighted by Crippen LogP contribution is -2.52. The Morgan fingerprint density at radius 3 is 2.00 bits per heavy atom. The van der Waals surface area contributed by atoms with Gasteiger partial charge in [-0.3, -0.25) is 9.59 Å². The van der Waals surface area contributed by atoms with Crippen molar-refractivity contribution >= 4 is 18.0 Å². The number of amides is 2. The SMILES string of the molecule is CC(C)[C@H](NC(=O)OCC1c2ccccc2-c2ccccc21)C(=O)NCC(C(=O)O)C(F)(F)F. The number of carboxylic acids is 1. The van der Waals surface area contributed by atoms with E-state index in [4.69, 9.17) is 9.84 Å². The first-order chi connectivity index (χ1) is 16.0. The highest BCUT2D eigenvalue weighted by Gasteiger charge is 2.45. The van der Waals surface area contributed by atoms with Gasteiger partial charge in [0.1, 0.15) is 12.6 Å². The maximum absolute atomic E-state index is 12.8. The van der Waals surface area contributed by atoms with Crippen LogP contribution in [0.5, 0.6) is 0 Å². The summed E-state index contributed by atoms with van der Waals surface area (Å²) >= 11 is 0. The molecule has 0 fully saturated rings. The van der Waals surface area contributed by atoms with E-state index in [0.29, 0.717) is 0 Å². The minimum atomic E-state index is -5.02. The molecular weight excluding hydrogens is 453 g/mol. The number of ether oxygens (including phenoxy) is 1. The van der Waals surface area contributed by atoms with Gasteiger partial charge in [0, 0.05) is 12.5 Å². The second-order valence-electron chi connectivity index (χ2n) is 8.37. The monoisotopic (exact) mass is 478 g/mol. The number of hydrogen-bond donors (Lipinski definition) is 3. The molecule has 0 saturated heterocycles. The average molecular weight is 478 g/mol. The van der Waals surface area contributed by atoms with Crippen molar-refractivity contribution in [2.24, 2.45) is 11.8 Å². The molecule has 0 aromatic heterocycles. The minimum absolute atomic E-state index is 0.00144. The molecular formula is C24H25F3N2O5. The van der Waals surface area contributed by atoms with Gasteiger partial charge in [-0.05, 0) is 28.2 Å². The summed E-state index contributed by atoms with van der Waals surface area (Å²) in [5.41, 5.74) is 4.09. The summed E-state index contributed by atoms with van der Waals surface area (Å²) in [6.07, 6.45) is -5.92. The fourth-order valence-corrected chi connectivity index (χ4v) is 3.96. The summed E-state index contributed by atoms with van der Waals surface area (Å²) in [5, 5.41) is 13.1. The lowest BCUT2D eigenvalue weighted by Gasteiger charge is -2.23. The van der Waals surface area contributed by atoms with Gasteiger partial charge < -0.3 is 20.5 Å². The number of hydrogen-bond acceptors (Lipinski definition) is 4. The highest BCUT2D eigenvalue weighted by Crippen LogP contribution is 2.44. The average Bonchev–Trinajstić information content (AvgIpc) is 3.08. The van der Waals surface area contributed by atoms with Crippen LogP contribution >= 0.6 is 0 Å². The number of benzene rings is 2. The van der Waals surface area contributed by atoms with Crippen molar-refractivity contribution < 1.29 is 37.4 Å². The molecule has 0 radical (unpaired) electrons. The van der Waals surface area contributed by atoms with Crippen LogP contribution in [0, 0.1) is 11.8 Å². The van der Waals surface area contributed by atoms with Gasteiger partial charge in [0.15, 0.2) is 5.92 Å². The maximum Gasteiger partial charge on any atom is 0.407 e.